The molecule has 0 bridgehead atoms. The van der Waals surface area contributed by atoms with E-state index in [-0.39, 0.29) is 23.9 Å². The number of ether oxygens (including phenoxy) is 5. The molecule has 1 aliphatic heterocycles. The Labute approximate surface area is 217 Å². The van der Waals surface area contributed by atoms with Crippen LogP contribution < -0.4 is 23.7 Å². The second-order valence-corrected chi connectivity index (χ2v) is 8.46. The quantitative estimate of drug-likeness (QED) is 0.214. The van der Waals surface area contributed by atoms with E-state index in [1.165, 1.54) is 45.6 Å². The molecule has 8 nitrogen and oxygen atoms in total. The zero-order valence-electron chi connectivity index (χ0n) is 21.0. The average Bonchev–Trinajstić information content (AvgIpc) is 3.41. The van der Waals surface area contributed by atoms with Crippen LogP contribution in [0.15, 0.2) is 58.7 Å². The zero-order valence-corrected chi connectivity index (χ0v) is 21.0. The number of Topliss-reactive ketones (excluding diaryl/α,β-unsaturated/α-hetero) is 2. The molecule has 194 valence electrons. The average molecular weight is 518 g/mol. The van der Waals surface area contributed by atoms with Crippen LogP contribution in [0, 0.1) is 12.7 Å². The van der Waals surface area contributed by atoms with Crippen LogP contribution in [0.2, 0.25) is 0 Å². The molecule has 0 spiro atoms. The summed E-state index contributed by atoms with van der Waals surface area (Å²) < 4.78 is 46.7. The van der Waals surface area contributed by atoms with Gasteiger partial charge >= 0.3 is 0 Å². The lowest BCUT2D eigenvalue weighted by molar-refractivity contribution is 0.0894. The number of hydrogen-bond donors (Lipinski definition) is 0. The Morgan fingerprint density at radius 3 is 2.39 bits per heavy atom. The molecule has 4 aromatic rings. The number of halogens is 1. The number of allylic oxidation sites excluding steroid dienone is 1. The van der Waals surface area contributed by atoms with Crippen molar-refractivity contribution in [2.75, 3.05) is 27.9 Å². The van der Waals surface area contributed by atoms with Crippen LogP contribution in [-0.4, -0.2) is 39.5 Å². The van der Waals surface area contributed by atoms with Crippen LogP contribution in [-0.2, 0) is 0 Å². The van der Waals surface area contributed by atoms with E-state index in [1.54, 1.807) is 37.3 Å². The van der Waals surface area contributed by atoms with Crippen molar-refractivity contribution in [1.82, 2.24) is 0 Å². The minimum absolute atomic E-state index is 0.104. The molecule has 9 heteroatoms. The molecule has 0 unspecified atom stereocenters. The Morgan fingerprint density at radius 1 is 0.974 bits per heavy atom. The summed E-state index contributed by atoms with van der Waals surface area (Å²) in [6.07, 6.45) is 1.57. The fourth-order valence-electron chi connectivity index (χ4n) is 4.27. The van der Waals surface area contributed by atoms with Crippen molar-refractivity contribution < 1.29 is 42.1 Å². The highest BCUT2D eigenvalue weighted by Gasteiger charge is 2.28. The third-order valence-electron chi connectivity index (χ3n) is 6.15. The van der Waals surface area contributed by atoms with Gasteiger partial charge in [0.25, 0.3) is 0 Å². The second kappa shape index (κ2) is 9.93. The lowest BCUT2D eigenvalue weighted by Crippen LogP contribution is -2.11. The fourth-order valence-corrected chi connectivity index (χ4v) is 4.27. The number of carbonyl (C=O) groups is 2. The molecule has 0 amide bonds. The summed E-state index contributed by atoms with van der Waals surface area (Å²) in [5.74, 6) is 1.03. The summed E-state index contributed by atoms with van der Waals surface area (Å²) in [6, 6.07) is 12.2. The molecule has 0 aliphatic carbocycles. The number of hydrogen-bond acceptors (Lipinski definition) is 8. The molecular weight excluding hydrogens is 495 g/mol. The lowest BCUT2D eigenvalue weighted by Gasteiger charge is -2.13. The van der Waals surface area contributed by atoms with Crippen molar-refractivity contribution in [1.29, 1.82) is 0 Å². The van der Waals surface area contributed by atoms with Gasteiger partial charge in [-0.3, -0.25) is 9.59 Å². The van der Waals surface area contributed by atoms with Crippen LogP contribution in [0.5, 0.6) is 28.7 Å². The Kier molecular flexibility index (Phi) is 6.50. The number of rotatable bonds is 8. The van der Waals surface area contributed by atoms with Gasteiger partial charge in [-0.15, -0.1) is 0 Å². The second-order valence-electron chi connectivity index (χ2n) is 8.46. The van der Waals surface area contributed by atoms with Crippen LogP contribution >= 0.6 is 0 Å². The molecule has 0 saturated heterocycles. The SMILES string of the molecule is COc1cc(/C=C2\Oc3cc(OCC(=O)c4oc5ccc(F)cc5c4C)ccc3C2=O)cc(OC)c1OC. The first-order valence-corrected chi connectivity index (χ1v) is 11.6. The van der Waals surface area contributed by atoms with Crippen molar-refractivity contribution in [2.24, 2.45) is 0 Å². The van der Waals surface area contributed by atoms with Gasteiger partial charge in [0.1, 0.15) is 22.9 Å². The maximum Gasteiger partial charge on any atom is 0.235 e. The molecule has 0 radical (unpaired) electrons. The zero-order chi connectivity index (χ0) is 27.0. The summed E-state index contributed by atoms with van der Waals surface area (Å²) >= 11 is 0. The molecule has 0 N–H and O–H groups in total. The number of carbonyl (C=O) groups excluding carboxylic acids is 2. The molecule has 5 rings (SSSR count). The van der Waals surface area contributed by atoms with Crippen molar-refractivity contribution in [3.63, 3.8) is 0 Å². The van der Waals surface area contributed by atoms with E-state index in [2.05, 4.69) is 0 Å². The van der Waals surface area contributed by atoms with Gasteiger partial charge in [-0.2, -0.15) is 0 Å². The van der Waals surface area contributed by atoms with E-state index in [9.17, 15) is 14.0 Å². The van der Waals surface area contributed by atoms with Crippen LogP contribution in [0.25, 0.3) is 17.0 Å². The largest absolute Gasteiger partial charge is 0.493 e. The van der Waals surface area contributed by atoms with Crippen molar-refractivity contribution in [3.05, 3.63) is 82.6 Å². The van der Waals surface area contributed by atoms with E-state index in [4.69, 9.17) is 28.1 Å². The maximum atomic E-state index is 13.6. The number of aryl methyl sites for hydroxylation is 1. The van der Waals surface area contributed by atoms with Gasteiger partial charge in [-0.05, 0) is 61.0 Å². The Balaban J connectivity index is 1.33. The van der Waals surface area contributed by atoms with Crippen LogP contribution in [0.4, 0.5) is 4.39 Å². The van der Waals surface area contributed by atoms with Crippen LogP contribution in [0.1, 0.15) is 32.0 Å². The molecule has 2 heterocycles. The smallest absolute Gasteiger partial charge is 0.235 e. The van der Waals surface area contributed by atoms with E-state index < -0.39 is 11.6 Å². The van der Waals surface area contributed by atoms with Gasteiger partial charge in [0.05, 0.1) is 26.9 Å². The Bertz CT molecular complexity index is 1590. The minimum atomic E-state index is -0.414. The highest BCUT2D eigenvalue weighted by molar-refractivity contribution is 6.14. The predicted molar refractivity (Wildman–Crippen MR) is 136 cm³/mol. The molecule has 38 heavy (non-hydrogen) atoms. The van der Waals surface area contributed by atoms with E-state index in [0.29, 0.717) is 56.4 Å². The summed E-state index contributed by atoms with van der Waals surface area (Å²) in [4.78, 5) is 25.7. The standard InChI is InChI=1S/C29H23FO8/c1-15-20-12-17(30)5-8-22(20)38-28(15)21(31)14-36-18-6-7-19-23(13-18)37-24(27(19)32)9-16-10-25(33-2)29(35-4)26(11-16)34-3/h5-13H,14H2,1-4H3/b24-9-. The molecule has 1 aromatic heterocycles. The highest BCUT2D eigenvalue weighted by atomic mass is 19.1. The third-order valence-corrected chi connectivity index (χ3v) is 6.15. The molecular formula is C29H23FO8. The first kappa shape index (κ1) is 24.9. The van der Waals surface area contributed by atoms with Crippen LogP contribution in [0.3, 0.4) is 0 Å². The van der Waals surface area contributed by atoms with Gasteiger partial charge in [-0.25, -0.2) is 4.39 Å². The van der Waals surface area contributed by atoms with E-state index in [0.717, 1.165) is 0 Å². The summed E-state index contributed by atoms with van der Waals surface area (Å²) in [7, 11) is 4.51. The van der Waals surface area contributed by atoms with Crippen molar-refractivity contribution in [2.45, 2.75) is 6.92 Å². The predicted octanol–water partition coefficient (Wildman–Crippen LogP) is 5.78. The van der Waals surface area contributed by atoms with Crippen molar-refractivity contribution in [3.8, 4) is 28.7 Å². The normalized spacial score (nSPS) is 13.4. The first-order chi connectivity index (χ1) is 18.3. The van der Waals surface area contributed by atoms with E-state index in [1.807, 2.05) is 0 Å². The maximum absolute atomic E-state index is 13.6. The monoisotopic (exact) mass is 518 g/mol. The van der Waals surface area contributed by atoms with E-state index >= 15 is 0 Å². The highest BCUT2D eigenvalue weighted by Crippen LogP contribution is 2.40. The molecule has 0 atom stereocenters. The molecule has 3 aromatic carbocycles. The summed E-state index contributed by atoms with van der Waals surface area (Å²) in [5.41, 5.74) is 1.93. The minimum Gasteiger partial charge on any atom is -0.493 e. The van der Waals surface area contributed by atoms with Crippen molar-refractivity contribution >= 4 is 28.6 Å². The first-order valence-electron chi connectivity index (χ1n) is 11.6. The van der Waals surface area contributed by atoms with Gasteiger partial charge in [0.2, 0.25) is 17.3 Å². The summed E-state index contributed by atoms with van der Waals surface area (Å²) in [5, 5.41) is 0.532. The lowest BCUT2D eigenvalue weighted by atomic mass is 10.1. The number of ketones is 2. The van der Waals surface area contributed by atoms with Gasteiger partial charge < -0.3 is 28.1 Å². The van der Waals surface area contributed by atoms with Gasteiger partial charge in [0, 0.05) is 17.0 Å². The molecule has 0 saturated carbocycles. The topological polar surface area (TPSA) is 93.4 Å². The molecule has 1 aliphatic rings. The number of fused-ring (bicyclic) bond motifs is 2. The van der Waals surface area contributed by atoms with Gasteiger partial charge in [-0.1, -0.05) is 0 Å². The Morgan fingerprint density at radius 2 is 1.71 bits per heavy atom. The molecule has 0 fully saturated rings. The fraction of sp³-hybridized carbons (Fsp3) is 0.172. The Hall–Kier alpha value is -4.79. The van der Waals surface area contributed by atoms with Gasteiger partial charge in [0.15, 0.2) is 29.6 Å². The number of furan rings is 1. The number of benzene rings is 3. The number of methoxy groups -OCH3 is 3. The summed E-state index contributed by atoms with van der Waals surface area (Å²) in [6.45, 7) is 1.37. The third kappa shape index (κ3) is 4.43.